The van der Waals surface area contributed by atoms with E-state index in [4.69, 9.17) is 5.11 Å². The quantitative estimate of drug-likeness (QED) is 0.833. The maximum Gasteiger partial charge on any atom is 0.0967 e. The molecular formula is C15H21N3O. The summed E-state index contributed by atoms with van der Waals surface area (Å²) in [6.07, 6.45) is 2.81. The van der Waals surface area contributed by atoms with Gasteiger partial charge >= 0.3 is 0 Å². The van der Waals surface area contributed by atoms with Crippen LogP contribution in [0.5, 0.6) is 0 Å². The second-order valence-corrected chi connectivity index (χ2v) is 4.84. The highest BCUT2D eigenvalue weighted by Crippen LogP contribution is 2.21. The van der Waals surface area contributed by atoms with Crippen molar-refractivity contribution in [2.45, 2.75) is 25.9 Å². The lowest BCUT2D eigenvalue weighted by molar-refractivity contribution is 0.268. The molecule has 1 aromatic heterocycles. The molecule has 1 atom stereocenters. The van der Waals surface area contributed by atoms with Gasteiger partial charge in [0.2, 0.25) is 0 Å². The van der Waals surface area contributed by atoms with E-state index in [0.29, 0.717) is 6.04 Å². The lowest BCUT2D eigenvalue weighted by Gasteiger charge is -2.12. The molecule has 0 saturated heterocycles. The van der Waals surface area contributed by atoms with Gasteiger partial charge in [-0.25, -0.2) is 0 Å². The number of hydrogen-bond acceptors (Lipinski definition) is 3. The van der Waals surface area contributed by atoms with Crippen molar-refractivity contribution in [3.63, 3.8) is 0 Å². The van der Waals surface area contributed by atoms with Gasteiger partial charge in [-0.1, -0.05) is 30.3 Å². The van der Waals surface area contributed by atoms with Crippen LogP contribution in [-0.4, -0.2) is 27.5 Å². The number of benzene rings is 1. The summed E-state index contributed by atoms with van der Waals surface area (Å²) in [7, 11) is 1.94. The summed E-state index contributed by atoms with van der Waals surface area (Å²) in [5, 5.41) is 16.9. The Labute approximate surface area is 114 Å². The third kappa shape index (κ3) is 3.66. The molecule has 4 heteroatoms. The van der Waals surface area contributed by atoms with Crippen LogP contribution in [0.2, 0.25) is 0 Å². The van der Waals surface area contributed by atoms with Crippen molar-refractivity contribution in [2.75, 3.05) is 6.61 Å². The number of rotatable bonds is 6. The molecule has 0 aliphatic heterocycles. The zero-order chi connectivity index (χ0) is 13.7. The maximum absolute atomic E-state index is 8.91. The van der Waals surface area contributed by atoms with Crippen LogP contribution in [0.25, 0.3) is 11.3 Å². The summed E-state index contributed by atoms with van der Waals surface area (Å²) in [6, 6.07) is 10.5. The third-order valence-electron chi connectivity index (χ3n) is 3.15. The number of aliphatic hydroxyl groups is 1. The number of nitrogens with one attached hydrogen (secondary N) is 1. The predicted molar refractivity (Wildman–Crippen MR) is 76.6 cm³/mol. The first kappa shape index (κ1) is 13.8. The number of nitrogens with zero attached hydrogens (tertiary/aromatic N) is 2. The van der Waals surface area contributed by atoms with E-state index >= 15 is 0 Å². The van der Waals surface area contributed by atoms with Crippen molar-refractivity contribution in [1.29, 1.82) is 0 Å². The fraction of sp³-hybridized carbons (Fsp3) is 0.400. The average molecular weight is 259 g/mol. The van der Waals surface area contributed by atoms with Crippen LogP contribution in [0.4, 0.5) is 0 Å². The standard InChI is InChI=1S/C15H21N3O/c1-12(8-9-19)16-10-14-11-18(2)17-15(14)13-6-4-3-5-7-13/h3-7,11-12,16,19H,8-10H2,1-2H3. The SMILES string of the molecule is CC(CCO)NCc1cn(C)nc1-c1ccccc1. The molecule has 0 saturated carbocycles. The second kappa shape index (κ2) is 6.50. The molecule has 4 nitrogen and oxygen atoms in total. The minimum atomic E-state index is 0.215. The van der Waals surface area contributed by atoms with Gasteiger partial charge in [-0.2, -0.15) is 5.10 Å². The molecule has 0 fully saturated rings. The monoisotopic (exact) mass is 259 g/mol. The Morgan fingerprint density at radius 3 is 2.74 bits per heavy atom. The normalized spacial score (nSPS) is 12.6. The highest BCUT2D eigenvalue weighted by molar-refractivity contribution is 5.62. The Morgan fingerprint density at radius 1 is 1.32 bits per heavy atom. The molecule has 1 aromatic carbocycles. The van der Waals surface area contributed by atoms with Gasteiger partial charge in [-0.3, -0.25) is 4.68 Å². The first-order chi connectivity index (χ1) is 9.20. The summed E-state index contributed by atoms with van der Waals surface area (Å²) in [6.45, 7) is 3.06. The van der Waals surface area contributed by atoms with E-state index < -0.39 is 0 Å². The lowest BCUT2D eigenvalue weighted by Crippen LogP contribution is -2.26. The van der Waals surface area contributed by atoms with Gasteiger partial charge in [0.1, 0.15) is 0 Å². The van der Waals surface area contributed by atoms with Crippen molar-refractivity contribution in [2.24, 2.45) is 7.05 Å². The zero-order valence-electron chi connectivity index (χ0n) is 11.5. The maximum atomic E-state index is 8.91. The Morgan fingerprint density at radius 2 is 2.05 bits per heavy atom. The molecule has 2 N–H and O–H groups in total. The van der Waals surface area contributed by atoms with Gasteiger partial charge < -0.3 is 10.4 Å². The van der Waals surface area contributed by atoms with Gasteiger partial charge in [-0.05, 0) is 13.3 Å². The summed E-state index contributed by atoms with van der Waals surface area (Å²) in [5.74, 6) is 0. The smallest absolute Gasteiger partial charge is 0.0967 e. The molecule has 0 amide bonds. The summed E-state index contributed by atoms with van der Waals surface area (Å²) >= 11 is 0. The molecule has 0 aliphatic carbocycles. The number of hydrogen-bond donors (Lipinski definition) is 2. The molecule has 19 heavy (non-hydrogen) atoms. The van der Waals surface area contributed by atoms with Gasteiger partial charge in [-0.15, -0.1) is 0 Å². The third-order valence-corrected chi connectivity index (χ3v) is 3.15. The Kier molecular flexibility index (Phi) is 4.71. The minimum Gasteiger partial charge on any atom is -0.396 e. The molecule has 0 aliphatic rings. The van der Waals surface area contributed by atoms with Crippen LogP contribution in [-0.2, 0) is 13.6 Å². The Bertz CT molecular complexity index is 507. The summed E-state index contributed by atoms with van der Waals surface area (Å²) in [5.41, 5.74) is 3.33. The first-order valence-corrected chi connectivity index (χ1v) is 6.63. The van der Waals surface area contributed by atoms with E-state index in [1.54, 1.807) is 0 Å². The number of aryl methyl sites for hydroxylation is 1. The van der Waals surface area contributed by atoms with Gasteiger partial charge in [0.05, 0.1) is 5.69 Å². The van der Waals surface area contributed by atoms with Crippen LogP contribution in [0.1, 0.15) is 18.9 Å². The molecule has 0 radical (unpaired) electrons. The predicted octanol–water partition coefficient (Wildman–Crippen LogP) is 1.95. The Balaban J connectivity index is 2.13. The van der Waals surface area contributed by atoms with E-state index in [0.717, 1.165) is 24.2 Å². The second-order valence-electron chi connectivity index (χ2n) is 4.84. The molecule has 1 heterocycles. The molecular weight excluding hydrogens is 238 g/mol. The summed E-state index contributed by atoms with van der Waals surface area (Å²) in [4.78, 5) is 0. The van der Waals surface area contributed by atoms with Gasteiger partial charge in [0.15, 0.2) is 0 Å². The fourth-order valence-corrected chi connectivity index (χ4v) is 2.09. The van der Waals surface area contributed by atoms with Crippen LogP contribution in [0.3, 0.4) is 0 Å². The first-order valence-electron chi connectivity index (χ1n) is 6.63. The van der Waals surface area contributed by atoms with E-state index in [1.807, 2.05) is 36.1 Å². The van der Waals surface area contributed by atoms with Gasteiger partial charge in [0, 0.05) is 43.6 Å². The fourth-order valence-electron chi connectivity index (χ4n) is 2.09. The van der Waals surface area contributed by atoms with E-state index in [1.165, 1.54) is 5.56 Å². The minimum absolute atomic E-state index is 0.215. The van der Waals surface area contributed by atoms with E-state index in [9.17, 15) is 0 Å². The molecule has 2 aromatic rings. The molecule has 2 rings (SSSR count). The van der Waals surface area contributed by atoms with Crippen LogP contribution >= 0.6 is 0 Å². The largest absolute Gasteiger partial charge is 0.396 e. The van der Waals surface area contributed by atoms with Gasteiger partial charge in [0.25, 0.3) is 0 Å². The van der Waals surface area contributed by atoms with E-state index in [2.05, 4.69) is 29.5 Å². The van der Waals surface area contributed by atoms with E-state index in [-0.39, 0.29) is 6.61 Å². The van der Waals surface area contributed by atoms with Crippen molar-refractivity contribution >= 4 is 0 Å². The Hall–Kier alpha value is -1.65. The molecule has 0 bridgehead atoms. The molecule has 1 unspecified atom stereocenters. The average Bonchev–Trinajstić information content (AvgIpc) is 2.79. The highest BCUT2D eigenvalue weighted by atomic mass is 16.3. The van der Waals surface area contributed by atoms with Crippen molar-refractivity contribution in [3.8, 4) is 11.3 Å². The summed E-state index contributed by atoms with van der Waals surface area (Å²) < 4.78 is 1.84. The van der Waals surface area contributed by atoms with Crippen molar-refractivity contribution in [1.82, 2.24) is 15.1 Å². The zero-order valence-corrected chi connectivity index (χ0v) is 11.5. The van der Waals surface area contributed by atoms with Crippen molar-refractivity contribution in [3.05, 3.63) is 42.1 Å². The lowest BCUT2D eigenvalue weighted by atomic mass is 10.1. The topological polar surface area (TPSA) is 50.1 Å². The number of aromatic nitrogens is 2. The van der Waals surface area contributed by atoms with Crippen LogP contribution in [0.15, 0.2) is 36.5 Å². The van der Waals surface area contributed by atoms with Crippen LogP contribution in [0, 0.1) is 0 Å². The van der Waals surface area contributed by atoms with Crippen LogP contribution < -0.4 is 5.32 Å². The highest BCUT2D eigenvalue weighted by Gasteiger charge is 2.10. The van der Waals surface area contributed by atoms with Crippen molar-refractivity contribution < 1.29 is 5.11 Å². The molecule has 102 valence electrons. The molecule has 0 spiro atoms. The number of aliphatic hydroxyl groups excluding tert-OH is 1.